The second-order valence-electron chi connectivity index (χ2n) is 8.45. The molecule has 0 aromatic carbocycles. The zero-order valence-electron chi connectivity index (χ0n) is 19.8. The lowest BCUT2D eigenvalue weighted by Gasteiger charge is -2.21. The highest BCUT2D eigenvalue weighted by molar-refractivity contribution is 7.60. The molecule has 17 nitrogen and oxygen atoms in total. The Morgan fingerprint density at radius 2 is 2.03 bits per heavy atom. The van der Waals surface area contributed by atoms with Gasteiger partial charge in [0, 0.05) is 18.9 Å². The lowest BCUT2D eigenvalue weighted by atomic mass is 9.94. The lowest BCUT2D eigenvalue weighted by molar-refractivity contribution is -0.123. The molecule has 1 aliphatic rings. The van der Waals surface area contributed by atoms with Crippen molar-refractivity contribution >= 4 is 38.7 Å². The molecule has 5 atom stereocenters. The average molecular weight is 568 g/mol. The summed E-state index contributed by atoms with van der Waals surface area (Å²) in [6.45, 7) is 1.68. The third kappa shape index (κ3) is 7.89. The van der Waals surface area contributed by atoms with E-state index >= 15 is 0 Å². The summed E-state index contributed by atoms with van der Waals surface area (Å²) in [6, 6.07) is 0. The Kier molecular flexibility index (Phi) is 9.61. The Labute approximate surface area is 210 Å². The minimum absolute atomic E-state index is 0.0244. The minimum atomic E-state index is -5.37. The number of rotatable bonds is 13. The van der Waals surface area contributed by atoms with Crippen molar-refractivity contribution in [1.82, 2.24) is 24.8 Å². The molecule has 1 fully saturated rings. The summed E-state index contributed by atoms with van der Waals surface area (Å²) in [5.41, 5.74) is 4.85. The molecule has 19 heteroatoms. The number of unbranched alkanes of at least 4 members (excludes halogenated alkanes) is 3. The van der Waals surface area contributed by atoms with E-state index in [1.54, 1.807) is 0 Å². The van der Waals surface area contributed by atoms with Gasteiger partial charge in [-0.2, -0.15) is 9.29 Å². The number of imidazole rings is 1. The van der Waals surface area contributed by atoms with Gasteiger partial charge in [-0.3, -0.25) is 23.7 Å². The zero-order chi connectivity index (χ0) is 27.4. The second kappa shape index (κ2) is 12.1. The monoisotopic (exact) mass is 568 g/mol. The number of aromatic nitrogens is 4. The smallest absolute Gasteiger partial charge is 0.388 e. The van der Waals surface area contributed by atoms with Gasteiger partial charge in [-0.05, 0) is 6.42 Å². The van der Waals surface area contributed by atoms with Crippen molar-refractivity contribution in [2.45, 2.75) is 57.5 Å². The summed E-state index contributed by atoms with van der Waals surface area (Å²) in [7, 11) is -10.6. The van der Waals surface area contributed by atoms with Gasteiger partial charge in [-0.15, -0.1) is 0 Å². The molecule has 37 heavy (non-hydrogen) atoms. The largest absolute Gasteiger partial charge is 0.481 e. The Morgan fingerprint density at radius 1 is 1.30 bits per heavy atom. The third-order valence-corrected chi connectivity index (χ3v) is 7.78. The number of nitrogens with two attached hydrogens (primary N) is 1. The van der Waals surface area contributed by atoms with Crippen LogP contribution >= 0.6 is 15.6 Å². The van der Waals surface area contributed by atoms with Crippen molar-refractivity contribution < 1.29 is 47.3 Å². The molecule has 1 saturated heterocycles. The molecule has 1 aliphatic heterocycles. The molecule has 0 aliphatic carbocycles. The molecular weight excluding hydrogens is 538 g/mol. The van der Waals surface area contributed by atoms with Crippen LogP contribution in [0.4, 0.5) is 5.95 Å². The summed E-state index contributed by atoms with van der Waals surface area (Å²) >= 11 is 0. The molecule has 0 saturated carbocycles. The molecule has 1 unspecified atom stereocenters. The fourth-order valence-corrected chi connectivity index (χ4v) is 5.56. The molecule has 3 rings (SSSR count). The molecule has 0 bridgehead atoms. The first-order valence-electron chi connectivity index (χ1n) is 11.4. The van der Waals surface area contributed by atoms with Gasteiger partial charge in [-0.1, -0.05) is 26.2 Å². The molecule has 0 radical (unpaired) electrons. The van der Waals surface area contributed by atoms with Crippen LogP contribution in [0.15, 0.2) is 11.1 Å². The van der Waals surface area contributed by atoms with Gasteiger partial charge < -0.3 is 35.6 Å². The molecule has 8 N–H and O–H groups in total. The first-order valence-corrected chi connectivity index (χ1v) is 14.4. The minimum Gasteiger partial charge on any atom is -0.388 e. The number of H-pyrrole nitrogens is 1. The van der Waals surface area contributed by atoms with Crippen LogP contribution in [-0.2, 0) is 27.5 Å². The van der Waals surface area contributed by atoms with Gasteiger partial charge in [0.1, 0.15) is 6.10 Å². The topological polar surface area (TPSA) is 261 Å². The number of hydrogen-bond acceptors (Lipinski definition) is 11. The van der Waals surface area contributed by atoms with E-state index in [0.717, 1.165) is 25.7 Å². The standard InChI is InChI=1S/C18H30N6O11P2/c1-2-3-4-5-6-20-12(25)7-10-11(8-33-37(31,32)35-36(28,29)30)34-17(14(10)26)24-9-21-13-15(24)22-18(19)23-16(13)27/h9-11,14,17,26H,2-8H2,1H3,(H,20,25)(H,31,32)(H2,28,29,30)(H3,19,22,23,27)/t10-,11-,14-,17-/m1/s1. The number of aliphatic hydroxyl groups excluding tert-OH is 1. The number of fused-ring (bicyclic) bond motifs is 1. The van der Waals surface area contributed by atoms with E-state index in [1.807, 2.05) is 0 Å². The normalized spacial score (nSPS) is 23.8. The average Bonchev–Trinajstić information content (AvgIpc) is 3.32. The predicted molar refractivity (Wildman–Crippen MR) is 127 cm³/mol. The second-order valence-corrected chi connectivity index (χ2v) is 11.3. The van der Waals surface area contributed by atoms with Crippen LogP contribution in [0, 0.1) is 5.92 Å². The predicted octanol–water partition coefficient (Wildman–Crippen LogP) is -0.111. The van der Waals surface area contributed by atoms with Crippen LogP contribution in [0.3, 0.4) is 0 Å². The number of nitrogen functional groups attached to an aromatic ring is 1. The maximum Gasteiger partial charge on any atom is 0.481 e. The maximum atomic E-state index is 12.6. The van der Waals surface area contributed by atoms with E-state index < -0.39 is 58.1 Å². The lowest BCUT2D eigenvalue weighted by Crippen LogP contribution is -2.35. The molecule has 3 heterocycles. The number of ether oxygens (including phenoxy) is 1. The first-order chi connectivity index (χ1) is 17.3. The highest BCUT2D eigenvalue weighted by Crippen LogP contribution is 2.58. The number of anilines is 1. The van der Waals surface area contributed by atoms with Crippen molar-refractivity contribution in [3.8, 4) is 0 Å². The number of aliphatic hydroxyl groups is 1. The van der Waals surface area contributed by atoms with E-state index in [1.165, 1.54) is 10.9 Å². The number of phosphoric acid groups is 2. The number of amides is 1. The van der Waals surface area contributed by atoms with Crippen molar-refractivity contribution in [3.63, 3.8) is 0 Å². The third-order valence-electron chi connectivity index (χ3n) is 5.63. The zero-order valence-corrected chi connectivity index (χ0v) is 21.6. The van der Waals surface area contributed by atoms with Crippen molar-refractivity contribution in [1.29, 1.82) is 0 Å². The number of carbonyl (C=O) groups excluding carboxylic acids is 1. The summed E-state index contributed by atoms with van der Waals surface area (Å²) in [4.78, 5) is 62.1. The van der Waals surface area contributed by atoms with E-state index in [-0.39, 0.29) is 23.5 Å². The molecule has 2 aromatic rings. The SMILES string of the molecule is CCCCCCNC(=O)C[C@H]1[C@@H](O)[C@H](n2cnc3c(=O)[nH]c(N)nc32)O[C@@H]1COP(=O)(O)OP(=O)(O)O. The van der Waals surface area contributed by atoms with Crippen LogP contribution < -0.4 is 16.6 Å². The summed E-state index contributed by atoms with van der Waals surface area (Å²) < 4.78 is 38.3. The van der Waals surface area contributed by atoms with Gasteiger partial charge in [-0.25, -0.2) is 14.1 Å². The molecule has 2 aromatic heterocycles. The van der Waals surface area contributed by atoms with Gasteiger partial charge in [0.25, 0.3) is 5.56 Å². The number of nitrogens with zero attached hydrogens (tertiary/aromatic N) is 3. The quantitative estimate of drug-likeness (QED) is 0.123. The van der Waals surface area contributed by atoms with Gasteiger partial charge in [0.05, 0.1) is 19.0 Å². The van der Waals surface area contributed by atoms with Crippen LogP contribution in [0.1, 0.15) is 45.3 Å². The molecule has 1 amide bonds. The first kappa shape index (κ1) is 29.4. The highest BCUT2D eigenvalue weighted by atomic mass is 31.3. The maximum absolute atomic E-state index is 12.6. The van der Waals surface area contributed by atoms with Gasteiger partial charge in [0.15, 0.2) is 17.4 Å². The number of phosphoric ester groups is 1. The fraction of sp³-hybridized carbons (Fsp3) is 0.667. The van der Waals surface area contributed by atoms with E-state index in [9.17, 15) is 28.7 Å². The summed E-state index contributed by atoms with van der Waals surface area (Å²) in [6.07, 6.45) is 0.717. The highest BCUT2D eigenvalue weighted by Gasteiger charge is 2.47. The van der Waals surface area contributed by atoms with Crippen molar-refractivity contribution in [2.24, 2.45) is 5.92 Å². The van der Waals surface area contributed by atoms with E-state index in [2.05, 4.69) is 36.0 Å². The number of hydrogen-bond donors (Lipinski definition) is 7. The van der Waals surface area contributed by atoms with Crippen molar-refractivity contribution in [2.75, 3.05) is 18.9 Å². The molecule has 208 valence electrons. The van der Waals surface area contributed by atoms with Crippen LogP contribution in [-0.4, -0.2) is 70.6 Å². The van der Waals surface area contributed by atoms with Crippen LogP contribution in [0.25, 0.3) is 11.2 Å². The van der Waals surface area contributed by atoms with E-state index in [4.69, 9.17) is 20.3 Å². The summed E-state index contributed by atoms with van der Waals surface area (Å²) in [5, 5.41) is 13.8. The van der Waals surface area contributed by atoms with Gasteiger partial charge in [0.2, 0.25) is 11.9 Å². The van der Waals surface area contributed by atoms with Crippen LogP contribution in [0.2, 0.25) is 0 Å². The summed E-state index contributed by atoms with van der Waals surface area (Å²) in [5.74, 6) is -1.66. The number of aromatic amines is 1. The molecular formula is C18H30N6O11P2. The van der Waals surface area contributed by atoms with Gasteiger partial charge >= 0.3 is 15.6 Å². The van der Waals surface area contributed by atoms with Crippen molar-refractivity contribution in [3.05, 3.63) is 16.7 Å². The Morgan fingerprint density at radius 3 is 2.70 bits per heavy atom. The Hall–Kier alpha value is -2.20. The Bertz CT molecular complexity index is 1250. The number of carbonyl (C=O) groups is 1. The number of nitrogens with one attached hydrogen (secondary N) is 2. The van der Waals surface area contributed by atoms with Crippen LogP contribution in [0.5, 0.6) is 0 Å². The van der Waals surface area contributed by atoms with E-state index in [0.29, 0.717) is 6.54 Å². The Balaban J connectivity index is 1.80. The fourth-order valence-electron chi connectivity index (χ4n) is 3.96. The molecule has 0 spiro atoms.